The normalized spacial score (nSPS) is 25.2. The molecule has 0 bridgehead atoms. The second-order valence-electron chi connectivity index (χ2n) is 5.51. The molecule has 0 radical (unpaired) electrons. The van der Waals surface area contributed by atoms with Gasteiger partial charge in [-0.05, 0) is 32.1 Å². The van der Waals surface area contributed by atoms with E-state index < -0.39 is 0 Å². The standard InChI is InChI=1S/C14H23N3O2/c15-13(18)10-17-8-6-12(7-9-17)16-14(19)11-4-2-1-3-5-11/h1-2,11-12H,3-10H2,(H2,15,18)(H,16,19). The summed E-state index contributed by atoms with van der Waals surface area (Å²) in [7, 11) is 0. The van der Waals surface area contributed by atoms with Crippen molar-refractivity contribution in [2.45, 2.75) is 38.1 Å². The number of piperidine rings is 1. The van der Waals surface area contributed by atoms with E-state index >= 15 is 0 Å². The Morgan fingerprint density at radius 3 is 2.53 bits per heavy atom. The van der Waals surface area contributed by atoms with Gasteiger partial charge in [0.1, 0.15) is 0 Å². The maximum Gasteiger partial charge on any atom is 0.231 e. The minimum Gasteiger partial charge on any atom is -0.369 e. The lowest BCUT2D eigenvalue weighted by atomic mass is 9.93. The third kappa shape index (κ3) is 4.35. The van der Waals surface area contributed by atoms with Crippen LogP contribution in [0.1, 0.15) is 32.1 Å². The first-order valence-corrected chi connectivity index (χ1v) is 7.11. The average Bonchev–Trinajstić information content (AvgIpc) is 2.41. The molecule has 2 amide bonds. The highest BCUT2D eigenvalue weighted by molar-refractivity contribution is 5.79. The van der Waals surface area contributed by atoms with Gasteiger partial charge in [-0.2, -0.15) is 0 Å². The van der Waals surface area contributed by atoms with Crippen LogP contribution in [0.3, 0.4) is 0 Å². The predicted molar refractivity (Wildman–Crippen MR) is 73.3 cm³/mol. The first-order valence-electron chi connectivity index (χ1n) is 7.11. The van der Waals surface area contributed by atoms with Gasteiger partial charge in [-0.1, -0.05) is 12.2 Å². The molecule has 0 spiro atoms. The fourth-order valence-corrected chi connectivity index (χ4v) is 2.81. The minimum absolute atomic E-state index is 0.147. The molecule has 5 heteroatoms. The van der Waals surface area contributed by atoms with E-state index in [0.29, 0.717) is 6.54 Å². The van der Waals surface area contributed by atoms with E-state index in [1.807, 2.05) is 4.90 Å². The smallest absolute Gasteiger partial charge is 0.231 e. The Morgan fingerprint density at radius 2 is 1.95 bits per heavy atom. The predicted octanol–water partition coefficient (Wildman–Crippen LogP) is 0.409. The molecule has 1 heterocycles. The lowest BCUT2D eigenvalue weighted by Gasteiger charge is -2.32. The highest BCUT2D eigenvalue weighted by Gasteiger charge is 2.25. The monoisotopic (exact) mass is 265 g/mol. The molecule has 0 saturated carbocycles. The number of hydrogen-bond acceptors (Lipinski definition) is 3. The molecule has 1 aliphatic heterocycles. The summed E-state index contributed by atoms with van der Waals surface area (Å²) in [6, 6.07) is 0.252. The second kappa shape index (κ2) is 6.70. The van der Waals surface area contributed by atoms with E-state index in [2.05, 4.69) is 17.5 Å². The molecule has 2 aliphatic rings. The highest BCUT2D eigenvalue weighted by atomic mass is 16.2. The summed E-state index contributed by atoms with van der Waals surface area (Å²) in [5, 5.41) is 3.15. The number of rotatable bonds is 4. The Balaban J connectivity index is 1.71. The summed E-state index contributed by atoms with van der Waals surface area (Å²) in [5.74, 6) is 0.0582. The van der Waals surface area contributed by atoms with E-state index in [-0.39, 0.29) is 23.8 Å². The first-order chi connectivity index (χ1) is 9.15. The molecule has 0 aromatic rings. The van der Waals surface area contributed by atoms with Crippen LogP contribution in [0.2, 0.25) is 0 Å². The number of nitrogens with zero attached hydrogens (tertiary/aromatic N) is 1. The van der Waals surface area contributed by atoms with E-state index in [0.717, 1.165) is 45.2 Å². The van der Waals surface area contributed by atoms with Gasteiger partial charge in [0.2, 0.25) is 11.8 Å². The Bertz CT molecular complexity index is 360. The lowest BCUT2D eigenvalue weighted by molar-refractivity contribution is -0.126. The van der Waals surface area contributed by atoms with Crippen molar-refractivity contribution in [3.63, 3.8) is 0 Å². The molecular weight excluding hydrogens is 242 g/mol. The van der Waals surface area contributed by atoms with Crippen molar-refractivity contribution >= 4 is 11.8 Å². The summed E-state index contributed by atoms with van der Waals surface area (Å²) < 4.78 is 0. The van der Waals surface area contributed by atoms with Crippen molar-refractivity contribution in [3.8, 4) is 0 Å². The fraction of sp³-hybridized carbons (Fsp3) is 0.714. The third-order valence-corrected chi connectivity index (χ3v) is 3.95. The van der Waals surface area contributed by atoms with Crippen LogP contribution in [0.15, 0.2) is 12.2 Å². The first kappa shape index (κ1) is 14.1. The van der Waals surface area contributed by atoms with Crippen molar-refractivity contribution < 1.29 is 9.59 Å². The highest BCUT2D eigenvalue weighted by Crippen LogP contribution is 2.19. The minimum atomic E-state index is -0.281. The molecule has 1 saturated heterocycles. The van der Waals surface area contributed by atoms with Crippen molar-refractivity contribution in [3.05, 3.63) is 12.2 Å². The Labute approximate surface area is 114 Å². The van der Waals surface area contributed by atoms with Crippen molar-refractivity contribution in [2.24, 2.45) is 11.7 Å². The summed E-state index contributed by atoms with van der Waals surface area (Å²) in [4.78, 5) is 25.0. The topological polar surface area (TPSA) is 75.4 Å². The van der Waals surface area contributed by atoms with Crippen LogP contribution in [0, 0.1) is 5.92 Å². The Morgan fingerprint density at radius 1 is 1.21 bits per heavy atom. The third-order valence-electron chi connectivity index (χ3n) is 3.95. The van der Waals surface area contributed by atoms with Crippen LogP contribution in [-0.2, 0) is 9.59 Å². The van der Waals surface area contributed by atoms with Gasteiger partial charge in [0.25, 0.3) is 0 Å². The van der Waals surface area contributed by atoms with Gasteiger partial charge in [0, 0.05) is 25.0 Å². The Kier molecular flexibility index (Phi) is 4.96. The number of primary amides is 1. The van der Waals surface area contributed by atoms with Gasteiger partial charge in [0.05, 0.1) is 6.54 Å². The van der Waals surface area contributed by atoms with Crippen LogP contribution in [-0.4, -0.2) is 42.4 Å². The fourth-order valence-electron chi connectivity index (χ4n) is 2.81. The molecule has 1 fully saturated rings. The summed E-state index contributed by atoms with van der Waals surface area (Å²) >= 11 is 0. The molecule has 3 N–H and O–H groups in total. The second-order valence-corrected chi connectivity index (χ2v) is 5.51. The van der Waals surface area contributed by atoms with Gasteiger partial charge in [-0.3, -0.25) is 14.5 Å². The van der Waals surface area contributed by atoms with Gasteiger partial charge in [-0.25, -0.2) is 0 Å². The number of likely N-dealkylation sites (tertiary alicyclic amines) is 1. The number of nitrogens with one attached hydrogen (secondary N) is 1. The molecule has 106 valence electrons. The molecule has 0 aromatic heterocycles. The summed E-state index contributed by atoms with van der Waals surface area (Å²) in [6.07, 6.45) is 8.89. The molecule has 1 aliphatic carbocycles. The van der Waals surface area contributed by atoms with Gasteiger partial charge < -0.3 is 11.1 Å². The number of nitrogens with two attached hydrogens (primary N) is 1. The number of carbonyl (C=O) groups excluding carboxylic acids is 2. The number of carbonyl (C=O) groups is 2. The number of allylic oxidation sites excluding steroid dienone is 2. The van der Waals surface area contributed by atoms with Crippen LogP contribution in [0.5, 0.6) is 0 Å². The lowest BCUT2D eigenvalue weighted by Crippen LogP contribution is -2.48. The van der Waals surface area contributed by atoms with Crippen molar-refractivity contribution in [1.82, 2.24) is 10.2 Å². The van der Waals surface area contributed by atoms with E-state index in [1.165, 1.54) is 0 Å². The van der Waals surface area contributed by atoms with Crippen LogP contribution in [0.25, 0.3) is 0 Å². The Hall–Kier alpha value is -1.36. The van der Waals surface area contributed by atoms with E-state index in [4.69, 9.17) is 5.73 Å². The number of amides is 2. The molecule has 2 rings (SSSR count). The molecule has 5 nitrogen and oxygen atoms in total. The quantitative estimate of drug-likeness (QED) is 0.723. The summed E-state index contributed by atoms with van der Waals surface area (Å²) in [6.45, 7) is 1.99. The van der Waals surface area contributed by atoms with Crippen LogP contribution < -0.4 is 11.1 Å². The average molecular weight is 265 g/mol. The molecule has 19 heavy (non-hydrogen) atoms. The van der Waals surface area contributed by atoms with E-state index in [1.54, 1.807) is 0 Å². The molecular formula is C14H23N3O2. The van der Waals surface area contributed by atoms with E-state index in [9.17, 15) is 9.59 Å². The number of hydrogen-bond donors (Lipinski definition) is 2. The molecule has 1 atom stereocenters. The van der Waals surface area contributed by atoms with Crippen LogP contribution in [0.4, 0.5) is 0 Å². The van der Waals surface area contributed by atoms with Crippen LogP contribution >= 0.6 is 0 Å². The largest absolute Gasteiger partial charge is 0.369 e. The molecule has 0 aromatic carbocycles. The van der Waals surface area contributed by atoms with Gasteiger partial charge in [-0.15, -0.1) is 0 Å². The van der Waals surface area contributed by atoms with Crippen molar-refractivity contribution in [1.29, 1.82) is 0 Å². The van der Waals surface area contributed by atoms with Gasteiger partial charge >= 0.3 is 0 Å². The SMILES string of the molecule is NC(=O)CN1CCC(NC(=O)C2CC=CCC2)CC1. The zero-order valence-electron chi connectivity index (χ0n) is 11.3. The van der Waals surface area contributed by atoms with Gasteiger partial charge in [0.15, 0.2) is 0 Å². The zero-order valence-corrected chi connectivity index (χ0v) is 11.3. The van der Waals surface area contributed by atoms with Crippen molar-refractivity contribution in [2.75, 3.05) is 19.6 Å². The molecule has 1 unspecified atom stereocenters. The maximum absolute atomic E-state index is 12.1. The maximum atomic E-state index is 12.1. The summed E-state index contributed by atoms with van der Waals surface area (Å²) in [5.41, 5.74) is 5.18. The zero-order chi connectivity index (χ0) is 13.7.